The smallest absolute Gasteiger partial charge is 0.335 e. The van der Waals surface area contributed by atoms with Crippen molar-refractivity contribution in [2.75, 3.05) is 0 Å². The maximum atomic E-state index is 3.95. The quantitative estimate of drug-likeness (QED) is 0.654. The van der Waals surface area contributed by atoms with Crippen molar-refractivity contribution in [3.8, 4) is 0 Å². The Morgan fingerprint density at radius 1 is 1.38 bits per heavy atom. The molecule has 13 heavy (non-hydrogen) atoms. The van der Waals surface area contributed by atoms with Crippen molar-refractivity contribution < 1.29 is 18.6 Å². The minimum atomic E-state index is 0. The Kier molecular flexibility index (Phi) is 11.5. The Bertz CT molecular complexity index is 185. The van der Waals surface area contributed by atoms with Crippen molar-refractivity contribution in [1.82, 2.24) is 4.98 Å². The number of nitrogens with zero attached hydrogens (tertiary/aromatic N) is 1. The number of hydrogen-bond donors (Lipinski definition) is 0. The van der Waals surface area contributed by atoms with E-state index in [0.717, 1.165) is 0 Å². The number of rotatable bonds is 1. The molecule has 0 saturated carbocycles. The summed E-state index contributed by atoms with van der Waals surface area (Å²) in [4.78, 5) is 3.95. The molecule has 0 atom stereocenters. The predicted molar refractivity (Wildman–Crippen MR) is 52.8 cm³/mol. The molecule has 0 aromatic carbocycles. The summed E-state index contributed by atoms with van der Waals surface area (Å²) in [6.45, 7) is 8.29. The van der Waals surface area contributed by atoms with Crippen LogP contribution in [0.1, 0.15) is 39.2 Å². The zero-order chi connectivity index (χ0) is 9.40. The molecule has 0 N–H and O–H groups in total. The molecule has 1 nitrogen and oxygen atoms in total. The average molecular weight is 214 g/mol. The summed E-state index contributed by atoms with van der Waals surface area (Å²) in [5, 5.41) is 0. The maximum absolute atomic E-state index is 3.95. The summed E-state index contributed by atoms with van der Waals surface area (Å²) in [6, 6.07) is 4.90. The van der Waals surface area contributed by atoms with Crippen LogP contribution in [0.4, 0.5) is 0 Å². The van der Waals surface area contributed by atoms with Crippen molar-refractivity contribution in [3.63, 3.8) is 0 Å². The fourth-order valence-electron chi connectivity index (χ4n) is 0.653. The van der Waals surface area contributed by atoms with Crippen LogP contribution in [0.25, 0.3) is 0 Å². The van der Waals surface area contributed by atoms with Gasteiger partial charge in [-0.25, -0.2) is 12.1 Å². The average Bonchev–Trinajstić information content (AvgIpc) is 2.07. The van der Waals surface area contributed by atoms with Crippen LogP contribution in [0.3, 0.4) is 0 Å². The normalized spacial score (nSPS) is 8.38. The van der Waals surface area contributed by atoms with Gasteiger partial charge in [-0.1, -0.05) is 32.2 Å². The number of hydrogen-bond acceptors (Lipinski definition) is 1. The Morgan fingerprint density at radius 2 is 1.92 bits per heavy atom. The van der Waals surface area contributed by atoms with Crippen LogP contribution in [-0.2, 0) is 18.6 Å². The minimum Gasteiger partial charge on any atom is -0.335 e. The van der Waals surface area contributed by atoms with Crippen molar-refractivity contribution >= 4 is 0 Å². The third-order valence-corrected chi connectivity index (χ3v) is 1.29. The number of aromatic nitrogens is 1. The van der Waals surface area contributed by atoms with Crippen molar-refractivity contribution in [3.05, 3.63) is 36.5 Å². The fraction of sp³-hybridized carbons (Fsp3) is 0.455. The van der Waals surface area contributed by atoms with E-state index in [4.69, 9.17) is 0 Å². The standard InChI is InChI=1S/C8H10N.C3H7.V/c1-7(2)8-4-3-5-9-6-8;1-3-2;/h4-7H,1-2H3;3H,1-2H3;/q2*-1;+2. The summed E-state index contributed by atoms with van der Waals surface area (Å²) < 4.78 is 0. The largest absolute Gasteiger partial charge is 2.00 e. The predicted octanol–water partition coefficient (Wildman–Crippen LogP) is 3.23. The van der Waals surface area contributed by atoms with E-state index in [-0.39, 0.29) is 18.6 Å². The second-order valence-electron chi connectivity index (χ2n) is 2.95. The third-order valence-electron chi connectivity index (χ3n) is 1.29. The van der Waals surface area contributed by atoms with Gasteiger partial charge in [0.1, 0.15) is 0 Å². The Hall–Kier alpha value is -0.266. The minimum absolute atomic E-state index is 0. The van der Waals surface area contributed by atoms with Gasteiger partial charge in [0, 0.05) is 0 Å². The number of pyridine rings is 1. The summed E-state index contributed by atoms with van der Waals surface area (Å²) >= 11 is 0. The molecule has 1 rings (SSSR count). The molecule has 0 bridgehead atoms. The molecule has 0 fully saturated rings. The molecule has 1 aromatic rings. The first-order valence-electron chi connectivity index (χ1n) is 4.27. The van der Waals surface area contributed by atoms with Gasteiger partial charge in [0.2, 0.25) is 0 Å². The molecule has 0 aliphatic heterocycles. The van der Waals surface area contributed by atoms with Crippen LogP contribution in [0.2, 0.25) is 0 Å². The molecular formula is C11H17NV. The first-order chi connectivity index (χ1) is 5.72. The zero-order valence-electron chi connectivity index (χ0n) is 8.78. The van der Waals surface area contributed by atoms with E-state index >= 15 is 0 Å². The van der Waals surface area contributed by atoms with Crippen LogP contribution in [0, 0.1) is 12.5 Å². The van der Waals surface area contributed by atoms with Gasteiger partial charge < -0.3 is 11.4 Å². The molecule has 0 amide bonds. The summed E-state index contributed by atoms with van der Waals surface area (Å²) in [6.07, 6.45) is 5.55. The van der Waals surface area contributed by atoms with E-state index < -0.39 is 0 Å². The third kappa shape index (κ3) is 8.08. The van der Waals surface area contributed by atoms with E-state index in [1.165, 1.54) is 5.56 Å². The Balaban J connectivity index is 0. The van der Waals surface area contributed by atoms with E-state index in [1.807, 2.05) is 32.5 Å². The topological polar surface area (TPSA) is 12.9 Å². The summed E-state index contributed by atoms with van der Waals surface area (Å²) in [7, 11) is 0. The molecule has 71 valence electrons. The second-order valence-corrected chi connectivity index (χ2v) is 2.95. The van der Waals surface area contributed by atoms with Crippen molar-refractivity contribution in [1.29, 1.82) is 0 Å². The monoisotopic (exact) mass is 214 g/mol. The molecule has 1 heterocycles. The fourth-order valence-corrected chi connectivity index (χ4v) is 0.653. The van der Waals surface area contributed by atoms with Gasteiger partial charge in [-0.2, -0.15) is 19.4 Å². The van der Waals surface area contributed by atoms with Crippen LogP contribution >= 0.6 is 0 Å². The molecule has 0 aliphatic rings. The van der Waals surface area contributed by atoms with Crippen LogP contribution < -0.4 is 0 Å². The SMILES string of the molecule is CC(C)c1c[c-]cnc1.C[CH-]C.[V+2]. The molecular weight excluding hydrogens is 197 g/mol. The van der Waals surface area contributed by atoms with E-state index in [1.54, 1.807) is 6.20 Å². The molecule has 2 heteroatoms. The molecule has 0 aliphatic carbocycles. The molecule has 1 aromatic heterocycles. The summed E-state index contributed by atoms with van der Waals surface area (Å²) in [5.41, 5.74) is 1.25. The van der Waals surface area contributed by atoms with Crippen LogP contribution in [0.15, 0.2) is 18.5 Å². The van der Waals surface area contributed by atoms with Gasteiger partial charge in [-0.05, 0) is 0 Å². The maximum Gasteiger partial charge on any atom is 2.00 e. The first kappa shape index (κ1) is 15.2. The van der Waals surface area contributed by atoms with E-state index in [2.05, 4.69) is 24.9 Å². The van der Waals surface area contributed by atoms with Crippen LogP contribution in [0.5, 0.6) is 0 Å². The molecule has 1 radical (unpaired) electrons. The van der Waals surface area contributed by atoms with Crippen LogP contribution in [-0.4, -0.2) is 4.98 Å². The molecule has 0 spiro atoms. The molecule has 0 unspecified atom stereocenters. The second kappa shape index (κ2) is 9.82. The Morgan fingerprint density at radius 3 is 2.15 bits per heavy atom. The van der Waals surface area contributed by atoms with Crippen molar-refractivity contribution in [2.45, 2.75) is 33.6 Å². The van der Waals surface area contributed by atoms with Gasteiger partial charge in [0.25, 0.3) is 0 Å². The van der Waals surface area contributed by atoms with Gasteiger partial charge in [-0.15, -0.1) is 0 Å². The first-order valence-corrected chi connectivity index (χ1v) is 4.27. The van der Waals surface area contributed by atoms with Gasteiger partial charge >= 0.3 is 18.6 Å². The van der Waals surface area contributed by atoms with Crippen molar-refractivity contribution in [2.24, 2.45) is 0 Å². The zero-order valence-corrected chi connectivity index (χ0v) is 10.2. The van der Waals surface area contributed by atoms with Gasteiger partial charge in [0.05, 0.1) is 0 Å². The summed E-state index contributed by atoms with van der Waals surface area (Å²) in [5.74, 6) is 0.565. The van der Waals surface area contributed by atoms with E-state index in [0.29, 0.717) is 5.92 Å². The van der Waals surface area contributed by atoms with Gasteiger partial charge in [-0.3, -0.25) is 0 Å². The molecule has 0 saturated heterocycles. The Labute approximate surface area is 93.9 Å². The van der Waals surface area contributed by atoms with E-state index in [9.17, 15) is 0 Å². The van der Waals surface area contributed by atoms with Gasteiger partial charge in [0.15, 0.2) is 0 Å².